The fraction of sp³-hybridized carbons (Fsp3) is 0.467. The molecule has 0 aliphatic heterocycles. The van der Waals surface area contributed by atoms with Gasteiger partial charge in [0.15, 0.2) is 0 Å². The number of carbonyl (C=O) groups excluding carboxylic acids is 2. The number of rotatable bonds is 4. The Morgan fingerprint density at radius 3 is 2.30 bits per heavy atom. The third-order valence-electron chi connectivity index (χ3n) is 2.78. The van der Waals surface area contributed by atoms with Gasteiger partial charge in [-0.25, -0.2) is 9.59 Å². The van der Waals surface area contributed by atoms with Crippen LogP contribution in [0.4, 0.5) is 4.79 Å². The molecule has 0 aliphatic carbocycles. The van der Waals surface area contributed by atoms with Crippen LogP contribution in [0.3, 0.4) is 0 Å². The zero-order chi connectivity index (χ0) is 15.2. The molecule has 20 heavy (non-hydrogen) atoms. The number of carbonyl (C=O) groups is 2. The normalized spacial score (nSPS) is 12.4. The highest BCUT2D eigenvalue weighted by atomic mass is 16.6. The van der Waals surface area contributed by atoms with Crippen LogP contribution in [-0.2, 0) is 20.9 Å². The van der Waals surface area contributed by atoms with Crippen LogP contribution in [0.25, 0.3) is 0 Å². The SMILES string of the molecule is COC(=O)[C@H](NC(=O)OCc1ccccc1)C(C)(C)C. The Morgan fingerprint density at radius 1 is 1.20 bits per heavy atom. The maximum atomic E-state index is 11.8. The van der Waals surface area contributed by atoms with Crippen LogP contribution < -0.4 is 5.32 Å². The first-order valence-corrected chi connectivity index (χ1v) is 6.39. The molecule has 0 bridgehead atoms. The smallest absolute Gasteiger partial charge is 0.408 e. The lowest BCUT2D eigenvalue weighted by Crippen LogP contribution is -2.49. The van der Waals surface area contributed by atoms with Crippen LogP contribution in [0, 0.1) is 5.41 Å². The largest absolute Gasteiger partial charge is 0.467 e. The molecule has 5 nitrogen and oxygen atoms in total. The van der Waals surface area contributed by atoms with Crippen molar-refractivity contribution in [1.29, 1.82) is 0 Å². The minimum Gasteiger partial charge on any atom is -0.467 e. The lowest BCUT2D eigenvalue weighted by atomic mass is 9.87. The summed E-state index contributed by atoms with van der Waals surface area (Å²) in [5.74, 6) is -0.492. The Morgan fingerprint density at radius 2 is 1.80 bits per heavy atom. The Labute approximate surface area is 119 Å². The van der Waals surface area contributed by atoms with Crippen LogP contribution in [0.15, 0.2) is 30.3 Å². The summed E-state index contributed by atoms with van der Waals surface area (Å²) in [4.78, 5) is 23.4. The molecular formula is C15H21NO4. The fourth-order valence-corrected chi connectivity index (χ4v) is 1.63. The van der Waals surface area contributed by atoms with Crippen molar-refractivity contribution in [2.75, 3.05) is 7.11 Å². The van der Waals surface area contributed by atoms with Gasteiger partial charge in [0.05, 0.1) is 7.11 Å². The first kappa shape index (κ1) is 16.0. The molecule has 0 spiro atoms. The molecule has 1 amide bonds. The predicted molar refractivity (Wildman–Crippen MR) is 75.0 cm³/mol. The third-order valence-corrected chi connectivity index (χ3v) is 2.78. The van der Waals surface area contributed by atoms with Crippen molar-refractivity contribution in [3.8, 4) is 0 Å². The van der Waals surface area contributed by atoms with Crippen molar-refractivity contribution >= 4 is 12.1 Å². The molecular weight excluding hydrogens is 258 g/mol. The topological polar surface area (TPSA) is 64.6 Å². The van der Waals surface area contributed by atoms with Gasteiger partial charge in [-0.05, 0) is 11.0 Å². The van der Waals surface area contributed by atoms with Crippen LogP contribution in [0.5, 0.6) is 0 Å². The molecule has 0 heterocycles. The number of alkyl carbamates (subject to hydrolysis) is 1. The van der Waals surface area contributed by atoms with E-state index in [2.05, 4.69) is 5.32 Å². The number of methoxy groups -OCH3 is 1. The molecule has 0 saturated heterocycles. The molecule has 1 aromatic carbocycles. The van der Waals surface area contributed by atoms with E-state index in [4.69, 9.17) is 9.47 Å². The molecule has 0 fully saturated rings. The number of nitrogens with one attached hydrogen (secondary N) is 1. The van der Waals surface area contributed by atoms with Gasteiger partial charge in [-0.3, -0.25) is 0 Å². The van der Waals surface area contributed by atoms with Gasteiger partial charge >= 0.3 is 12.1 Å². The first-order valence-electron chi connectivity index (χ1n) is 6.39. The highest BCUT2D eigenvalue weighted by Gasteiger charge is 2.34. The number of hydrogen-bond acceptors (Lipinski definition) is 4. The van der Waals surface area contributed by atoms with Gasteiger partial charge in [0, 0.05) is 0 Å². The van der Waals surface area contributed by atoms with Gasteiger partial charge in [0.25, 0.3) is 0 Å². The second-order valence-electron chi connectivity index (χ2n) is 5.53. The monoisotopic (exact) mass is 279 g/mol. The minimum absolute atomic E-state index is 0.157. The van der Waals surface area contributed by atoms with Gasteiger partial charge in [0.2, 0.25) is 0 Å². The Balaban J connectivity index is 2.57. The average molecular weight is 279 g/mol. The molecule has 1 atom stereocenters. The lowest BCUT2D eigenvalue weighted by Gasteiger charge is -2.28. The number of esters is 1. The molecule has 5 heteroatoms. The van der Waals surface area contributed by atoms with Gasteiger partial charge in [-0.1, -0.05) is 51.1 Å². The van der Waals surface area contributed by atoms with E-state index >= 15 is 0 Å². The van der Waals surface area contributed by atoms with Crippen molar-refractivity contribution in [3.63, 3.8) is 0 Å². The van der Waals surface area contributed by atoms with Gasteiger partial charge < -0.3 is 14.8 Å². The zero-order valence-corrected chi connectivity index (χ0v) is 12.3. The van der Waals surface area contributed by atoms with E-state index in [1.165, 1.54) is 7.11 Å². The summed E-state index contributed by atoms with van der Waals surface area (Å²) in [5, 5.41) is 2.54. The minimum atomic E-state index is -0.754. The van der Waals surface area contributed by atoms with E-state index < -0.39 is 23.5 Å². The number of ether oxygens (including phenoxy) is 2. The van der Waals surface area contributed by atoms with Crippen LogP contribution in [0.1, 0.15) is 26.3 Å². The summed E-state index contributed by atoms with van der Waals surface area (Å²) in [6, 6.07) is 8.57. The molecule has 0 aliphatic rings. The summed E-state index contributed by atoms with van der Waals surface area (Å²) in [5.41, 5.74) is 0.423. The first-order chi connectivity index (χ1) is 9.34. The summed E-state index contributed by atoms with van der Waals surface area (Å²) in [7, 11) is 1.29. The molecule has 0 saturated carbocycles. The average Bonchev–Trinajstić information content (AvgIpc) is 2.41. The van der Waals surface area contributed by atoms with Crippen LogP contribution in [-0.4, -0.2) is 25.2 Å². The number of hydrogen-bond donors (Lipinski definition) is 1. The number of amides is 1. The number of benzene rings is 1. The second kappa shape index (κ2) is 6.93. The highest BCUT2D eigenvalue weighted by Crippen LogP contribution is 2.20. The summed E-state index contributed by atoms with van der Waals surface area (Å²) in [6.45, 7) is 5.68. The Kier molecular flexibility index (Phi) is 5.55. The van der Waals surface area contributed by atoms with Crippen molar-refractivity contribution < 1.29 is 19.1 Å². The van der Waals surface area contributed by atoms with E-state index in [1.807, 2.05) is 51.1 Å². The third kappa shape index (κ3) is 4.91. The quantitative estimate of drug-likeness (QED) is 0.860. The molecule has 0 radical (unpaired) electrons. The maximum absolute atomic E-state index is 11.8. The van der Waals surface area contributed by atoms with E-state index in [0.29, 0.717) is 0 Å². The Bertz CT molecular complexity index is 451. The lowest BCUT2D eigenvalue weighted by molar-refractivity contribution is -0.145. The molecule has 0 aromatic heterocycles. The molecule has 1 rings (SSSR count). The summed E-state index contributed by atoms with van der Waals surface area (Å²) in [6.07, 6.45) is -0.640. The van der Waals surface area contributed by atoms with Crippen molar-refractivity contribution in [2.45, 2.75) is 33.4 Å². The van der Waals surface area contributed by atoms with Gasteiger partial charge in [-0.15, -0.1) is 0 Å². The van der Waals surface area contributed by atoms with Gasteiger partial charge in [0.1, 0.15) is 12.6 Å². The van der Waals surface area contributed by atoms with E-state index in [9.17, 15) is 9.59 Å². The molecule has 0 unspecified atom stereocenters. The Hall–Kier alpha value is -2.04. The summed E-state index contributed by atoms with van der Waals surface area (Å²) < 4.78 is 9.78. The van der Waals surface area contributed by atoms with E-state index in [-0.39, 0.29) is 6.61 Å². The van der Waals surface area contributed by atoms with Crippen molar-refractivity contribution in [3.05, 3.63) is 35.9 Å². The molecule has 110 valence electrons. The fourth-order valence-electron chi connectivity index (χ4n) is 1.63. The van der Waals surface area contributed by atoms with Crippen LogP contribution in [0.2, 0.25) is 0 Å². The second-order valence-corrected chi connectivity index (χ2v) is 5.53. The van der Waals surface area contributed by atoms with E-state index in [0.717, 1.165) is 5.56 Å². The van der Waals surface area contributed by atoms with Gasteiger partial charge in [-0.2, -0.15) is 0 Å². The zero-order valence-electron chi connectivity index (χ0n) is 12.3. The van der Waals surface area contributed by atoms with E-state index in [1.54, 1.807) is 0 Å². The van der Waals surface area contributed by atoms with Crippen molar-refractivity contribution in [1.82, 2.24) is 5.32 Å². The van der Waals surface area contributed by atoms with Crippen molar-refractivity contribution in [2.24, 2.45) is 5.41 Å². The summed E-state index contributed by atoms with van der Waals surface area (Å²) >= 11 is 0. The predicted octanol–water partition coefficient (Wildman–Crippen LogP) is 2.50. The molecule has 1 aromatic rings. The maximum Gasteiger partial charge on any atom is 0.408 e. The highest BCUT2D eigenvalue weighted by molar-refractivity contribution is 5.82. The standard InChI is InChI=1S/C15H21NO4/c1-15(2,3)12(13(17)19-4)16-14(18)20-10-11-8-6-5-7-9-11/h5-9,12H,10H2,1-4H3,(H,16,18)/t12-/m0/s1. The molecule has 1 N–H and O–H groups in total. The van der Waals surface area contributed by atoms with Crippen LogP contribution >= 0.6 is 0 Å².